The highest BCUT2D eigenvalue weighted by molar-refractivity contribution is 7.09. The number of thiophene rings is 1. The minimum atomic E-state index is -1.02. The summed E-state index contributed by atoms with van der Waals surface area (Å²) < 4.78 is 5.07. The van der Waals surface area contributed by atoms with Crippen LogP contribution in [0, 0.1) is 0 Å². The number of hydrogen-bond donors (Lipinski definition) is 2. The highest BCUT2D eigenvalue weighted by Crippen LogP contribution is 2.12. The summed E-state index contributed by atoms with van der Waals surface area (Å²) in [5.41, 5.74) is 0.917. The van der Waals surface area contributed by atoms with E-state index in [1.165, 1.54) is 11.8 Å². The van der Waals surface area contributed by atoms with Gasteiger partial charge in [0.2, 0.25) is 0 Å². The van der Waals surface area contributed by atoms with Gasteiger partial charge in [-0.25, -0.2) is 4.79 Å². The summed E-state index contributed by atoms with van der Waals surface area (Å²) >= 11 is 1.64. The molecular formula is C19H22N2O4S. The van der Waals surface area contributed by atoms with Crippen LogP contribution in [0.3, 0.4) is 0 Å². The first-order valence-corrected chi connectivity index (χ1v) is 9.27. The van der Waals surface area contributed by atoms with Crippen LogP contribution in [0.15, 0.2) is 47.8 Å². The van der Waals surface area contributed by atoms with Gasteiger partial charge in [-0.1, -0.05) is 36.4 Å². The Labute approximate surface area is 156 Å². The molecule has 0 aliphatic heterocycles. The van der Waals surface area contributed by atoms with E-state index in [1.54, 1.807) is 11.3 Å². The molecule has 0 saturated carbocycles. The molecule has 2 rings (SSSR count). The van der Waals surface area contributed by atoms with Crippen molar-refractivity contribution in [3.05, 3.63) is 58.3 Å². The number of imide groups is 1. The van der Waals surface area contributed by atoms with Crippen LogP contribution in [-0.4, -0.2) is 24.0 Å². The Bertz CT molecular complexity index is 716. The first-order valence-electron chi connectivity index (χ1n) is 8.39. The van der Waals surface area contributed by atoms with Crippen molar-refractivity contribution in [2.45, 2.75) is 38.8 Å². The molecule has 2 aromatic rings. The Morgan fingerprint density at radius 3 is 2.58 bits per heavy atom. The summed E-state index contributed by atoms with van der Waals surface area (Å²) in [6.45, 7) is 1.74. The van der Waals surface area contributed by atoms with Crippen LogP contribution >= 0.6 is 11.3 Å². The number of benzene rings is 1. The van der Waals surface area contributed by atoms with Crippen LogP contribution < -0.4 is 10.6 Å². The maximum Gasteiger partial charge on any atom is 0.321 e. The molecule has 26 heavy (non-hydrogen) atoms. The van der Waals surface area contributed by atoms with Gasteiger partial charge < -0.3 is 10.1 Å². The second kappa shape index (κ2) is 10.4. The van der Waals surface area contributed by atoms with Crippen molar-refractivity contribution >= 4 is 29.2 Å². The van der Waals surface area contributed by atoms with Gasteiger partial charge in [-0.3, -0.25) is 14.9 Å². The van der Waals surface area contributed by atoms with Crippen molar-refractivity contribution in [3.8, 4) is 0 Å². The molecule has 0 radical (unpaired) electrons. The zero-order valence-electron chi connectivity index (χ0n) is 14.6. The number of esters is 1. The van der Waals surface area contributed by atoms with Crippen LogP contribution in [-0.2, 0) is 27.3 Å². The number of urea groups is 1. The minimum Gasteiger partial charge on any atom is -0.453 e. The molecule has 3 amide bonds. The average Bonchev–Trinajstić information content (AvgIpc) is 3.14. The highest BCUT2D eigenvalue weighted by atomic mass is 32.1. The van der Waals surface area contributed by atoms with Crippen LogP contribution in [0.5, 0.6) is 0 Å². The molecule has 1 atom stereocenters. The Morgan fingerprint density at radius 1 is 1.12 bits per heavy atom. The number of hydrogen-bond acceptors (Lipinski definition) is 5. The molecule has 0 aliphatic carbocycles. The van der Waals surface area contributed by atoms with E-state index in [2.05, 4.69) is 10.6 Å². The van der Waals surface area contributed by atoms with E-state index in [0.29, 0.717) is 13.0 Å². The number of carbonyl (C=O) groups is 3. The Morgan fingerprint density at radius 2 is 1.88 bits per heavy atom. The second-order valence-corrected chi connectivity index (χ2v) is 6.75. The smallest absolute Gasteiger partial charge is 0.321 e. The standard InChI is InChI=1S/C19H22N2O4S/c1-14(25-17(22)11-5-9-16-10-6-12-26-16)18(23)21-19(24)20-13-15-7-3-2-4-8-15/h2-4,6-8,10,12,14H,5,9,11,13H2,1H3,(H2,20,21,23,24). The lowest BCUT2D eigenvalue weighted by atomic mass is 10.2. The van der Waals surface area contributed by atoms with Gasteiger partial charge in [-0.15, -0.1) is 11.3 Å². The molecule has 1 aromatic heterocycles. The molecule has 2 N–H and O–H groups in total. The van der Waals surface area contributed by atoms with Gasteiger partial charge >= 0.3 is 12.0 Å². The summed E-state index contributed by atoms with van der Waals surface area (Å²) in [6, 6.07) is 12.7. The molecular weight excluding hydrogens is 352 g/mol. The zero-order chi connectivity index (χ0) is 18.8. The molecule has 0 fully saturated rings. The van der Waals surface area contributed by atoms with Gasteiger partial charge in [0.1, 0.15) is 0 Å². The Kier molecular flexibility index (Phi) is 7.82. The lowest BCUT2D eigenvalue weighted by Gasteiger charge is -2.13. The van der Waals surface area contributed by atoms with Crippen molar-refractivity contribution in [3.63, 3.8) is 0 Å². The van der Waals surface area contributed by atoms with E-state index in [-0.39, 0.29) is 6.42 Å². The first-order chi connectivity index (χ1) is 12.5. The second-order valence-electron chi connectivity index (χ2n) is 5.72. The van der Waals surface area contributed by atoms with Crippen molar-refractivity contribution in [1.29, 1.82) is 0 Å². The predicted octanol–water partition coefficient (Wildman–Crippen LogP) is 3.03. The van der Waals surface area contributed by atoms with E-state index in [4.69, 9.17) is 4.74 Å². The summed E-state index contributed by atoms with van der Waals surface area (Å²) in [5, 5.41) is 6.74. The van der Waals surface area contributed by atoms with Crippen molar-refractivity contribution in [1.82, 2.24) is 10.6 Å². The van der Waals surface area contributed by atoms with E-state index >= 15 is 0 Å². The van der Waals surface area contributed by atoms with Crippen LogP contribution in [0.25, 0.3) is 0 Å². The van der Waals surface area contributed by atoms with E-state index in [0.717, 1.165) is 12.0 Å². The highest BCUT2D eigenvalue weighted by Gasteiger charge is 2.19. The minimum absolute atomic E-state index is 0.232. The van der Waals surface area contributed by atoms with Crippen LogP contribution in [0.1, 0.15) is 30.2 Å². The molecule has 0 spiro atoms. The molecule has 7 heteroatoms. The SMILES string of the molecule is CC(OC(=O)CCCc1cccs1)C(=O)NC(=O)NCc1ccccc1. The fourth-order valence-electron chi connectivity index (χ4n) is 2.21. The summed E-state index contributed by atoms with van der Waals surface area (Å²) in [5.74, 6) is -1.10. The number of nitrogens with one attached hydrogen (secondary N) is 2. The predicted molar refractivity (Wildman–Crippen MR) is 99.6 cm³/mol. The molecule has 0 saturated heterocycles. The molecule has 1 heterocycles. The maximum absolute atomic E-state index is 11.9. The molecule has 0 aliphatic rings. The quantitative estimate of drug-likeness (QED) is 0.696. The Hall–Kier alpha value is -2.67. The number of carbonyl (C=O) groups excluding carboxylic acids is 3. The molecule has 1 unspecified atom stereocenters. The fourth-order valence-corrected chi connectivity index (χ4v) is 2.96. The molecule has 6 nitrogen and oxygen atoms in total. The van der Waals surface area contributed by atoms with Gasteiger partial charge in [0.25, 0.3) is 5.91 Å². The van der Waals surface area contributed by atoms with E-state index in [1.807, 2.05) is 47.8 Å². The number of aryl methyl sites for hydroxylation is 1. The van der Waals surface area contributed by atoms with Gasteiger partial charge in [-0.05, 0) is 36.8 Å². The fraction of sp³-hybridized carbons (Fsp3) is 0.316. The molecule has 138 valence electrons. The van der Waals surface area contributed by atoms with Crippen molar-refractivity contribution in [2.75, 3.05) is 0 Å². The molecule has 0 bridgehead atoms. The van der Waals surface area contributed by atoms with Gasteiger partial charge in [0.05, 0.1) is 0 Å². The summed E-state index contributed by atoms with van der Waals surface area (Å²) in [4.78, 5) is 36.6. The number of ether oxygens (including phenoxy) is 1. The van der Waals surface area contributed by atoms with Crippen LogP contribution in [0.2, 0.25) is 0 Å². The average molecular weight is 374 g/mol. The first kappa shape index (κ1) is 19.7. The zero-order valence-corrected chi connectivity index (χ0v) is 15.4. The largest absolute Gasteiger partial charge is 0.453 e. The van der Waals surface area contributed by atoms with Gasteiger partial charge in [-0.2, -0.15) is 0 Å². The van der Waals surface area contributed by atoms with E-state index < -0.39 is 24.0 Å². The topological polar surface area (TPSA) is 84.5 Å². The molecule has 1 aromatic carbocycles. The lowest BCUT2D eigenvalue weighted by Crippen LogP contribution is -2.44. The third-order valence-corrected chi connectivity index (χ3v) is 4.53. The van der Waals surface area contributed by atoms with Crippen molar-refractivity contribution < 1.29 is 19.1 Å². The third kappa shape index (κ3) is 7.06. The van der Waals surface area contributed by atoms with E-state index in [9.17, 15) is 14.4 Å². The van der Waals surface area contributed by atoms with Gasteiger partial charge in [0.15, 0.2) is 6.10 Å². The third-order valence-electron chi connectivity index (χ3n) is 3.59. The summed E-state index contributed by atoms with van der Waals surface area (Å²) in [6.07, 6.45) is 0.669. The number of amides is 3. The Balaban J connectivity index is 1.64. The summed E-state index contributed by atoms with van der Waals surface area (Å²) in [7, 11) is 0. The van der Waals surface area contributed by atoms with Crippen molar-refractivity contribution in [2.24, 2.45) is 0 Å². The normalized spacial score (nSPS) is 11.4. The number of rotatable bonds is 8. The lowest BCUT2D eigenvalue weighted by molar-refractivity contribution is -0.154. The van der Waals surface area contributed by atoms with Gasteiger partial charge in [0, 0.05) is 17.8 Å². The van der Waals surface area contributed by atoms with Crippen LogP contribution in [0.4, 0.5) is 4.79 Å². The monoisotopic (exact) mass is 374 g/mol. The maximum atomic E-state index is 11.9.